The van der Waals surface area contributed by atoms with Crippen LogP contribution < -0.4 is 0 Å². The van der Waals surface area contributed by atoms with Crippen molar-refractivity contribution in [3.63, 3.8) is 0 Å². The summed E-state index contributed by atoms with van der Waals surface area (Å²) in [7, 11) is 0. The predicted octanol–water partition coefficient (Wildman–Crippen LogP) is 6.17. The number of hydrogen-bond acceptors (Lipinski definition) is 2. The number of alkyl halides is 14. The minimum Gasteiger partial charge on any atom is -0.465 e. The SMILES string of the molecule is CC1CCC(N(CC(F)(F)C(F)(F)C(F)(F)F)C(=O)O)CC1N(CC(F)(F)C(F)(F)C(F)(F)F)C(=O)O. The molecular formula is C17H18F14N2O4. The van der Waals surface area contributed by atoms with Gasteiger partial charge >= 0.3 is 48.2 Å². The topological polar surface area (TPSA) is 81.1 Å². The van der Waals surface area contributed by atoms with Crippen molar-refractivity contribution in [3.05, 3.63) is 0 Å². The molecule has 1 saturated carbocycles. The average molecular weight is 580 g/mol. The lowest BCUT2D eigenvalue weighted by atomic mass is 9.81. The van der Waals surface area contributed by atoms with Gasteiger partial charge < -0.3 is 10.2 Å². The molecule has 1 aliphatic carbocycles. The normalized spacial score (nSPS) is 22.5. The van der Waals surface area contributed by atoms with Gasteiger partial charge in [-0.3, -0.25) is 9.80 Å². The van der Waals surface area contributed by atoms with E-state index in [1.165, 1.54) is 0 Å². The van der Waals surface area contributed by atoms with E-state index < -0.39 is 108 Å². The van der Waals surface area contributed by atoms with Crippen LogP contribution in [0.5, 0.6) is 0 Å². The lowest BCUT2D eigenvalue weighted by molar-refractivity contribution is -0.356. The van der Waals surface area contributed by atoms with Crippen LogP contribution in [0.1, 0.15) is 26.2 Å². The molecule has 0 bridgehead atoms. The molecule has 3 unspecified atom stereocenters. The van der Waals surface area contributed by atoms with E-state index in [0.29, 0.717) is 0 Å². The molecule has 0 aromatic rings. The van der Waals surface area contributed by atoms with Crippen molar-refractivity contribution in [1.29, 1.82) is 0 Å². The number of nitrogens with zero attached hydrogens (tertiary/aromatic N) is 2. The molecular weight excluding hydrogens is 562 g/mol. The van der Waals surface area contributed by atoms with Gasteiger partial charge in [0.2, 0.25) is 0 Å². The fourth-order valence-electron chi connectivity index (χ4n) is 3.71. The minimum atomic E-state index is -6.84. The van der Waals surface area contributed by atoms with E-state index in [4.69, 9.17) is 5.11 Å². The molecule has 0 radical (unpaired) electrons. The molecule has 2 N–H and O–H groups in total. The second-order valence-electron chi connectivity index (χ2n) is 8.39. The molecule has 0 spiro atoms. The van der Waals surface area contributed by atoms with E-state index in [1.807, 2.05) is 0 Å². The molecule has 1 fully saturated rings. The summed E-state index contributed by atoms with van der Waals surface area (Å²) in [6, 6.07) is -4.09. The summed E-state index contributed by atoms with van der Waals surface area (Å²) < 4.78 is 183. The van der Waals surface area contributed by atoms with Gasteiger partial charge in [0.05, 0.1) is 13.1 Å². The van der Waals surface area contributed by atoms with Crippen molar-refractivity contribution >= 4 is 12.2 Å². The molecule has 0 heterocycles. The van der Waals surface area contributed by atoms with E-state index in [9.17, 15) is 76.2 Å². The lowest BCUT2D eigenvalue weighted by Gasteiger charge is -2.45. The van der Waals surface area contributed by atoms with Gasteiger partial charge in [-0.2, -0.15) is 61.5 Å². The summed E-state index contributed by atoms with van der Waals surface area (Å²) in [5.74, 6) is -26.8. The standard InChI is InChI=1S/C17H18F14N2O4/c1-7-2-3-8(32(10(34)35)5-12(18,19)14(22,23)16(26,27)28)4-9(7)33(11(36)37)6-13(20,21)15(24,25)17(29,30)31/h7-9H,2-6H2,1H3,(H,34,35)(H,36,37). The fraction of sp³-hybridized carbons (Fsp3) is 0.882. The van der Waals surface area contributed by atoms with Crippen LogP contribution in [0.4, 0.5) is 71.1 Å². The van der Waals surface area contributed by atoms with E-state index in [1.54, 1.807) is 0 Å². The highest BCUT2D eigenvalue weighted by Crippen LogP contribution is 2.49. The zero-order valence-corrected chi connectivity index (χ0v) is 18.2. The Labute approximate surface area is 197 Å². The quantitative estimate of drug-likeness (QED) is 0.337. The summed E-state index contributed by atoms with van der Waals surface area (Å²) in [6.45, 7) is -4.55. The highest BCUT2D eigenvalue weighted by atomic mass is 19.4. The highest BCUT2D eigenvalue weighted by molar-refractivity contribution is 5.66. The maximum atomic E-state index is 13.9. The molecule has 218 valence electrons. The van der Waals surface area contributed by atoms with Crippen LogP contribution in [0, 0.1) is 5.92 Å². The predicted molar refractivity (Wildman–Crippen MR) is 92.0 cm³/mol. The second-order valence-corrected chi connectivity index (χ2v) is 8.39. The van der Waals surface area contributed by atoms with Crippen molar-refractivity contribution in [2.75, 3.05) is 13.1 Å². The Morgan fingerprint density at radius 1 is 0.676 bits per heavy atom. The van der Waals surface area contributed by atoms with Gasteiger partial charge in [0, 0.05) is 12.1 Å². The molecule has 0 aliphatic heterocycles. The maximum absolute atomic E-state index is 13.9. The van der Waals surface area contributed by atoms with Gasteiger partial charge in [0.1, 0.15) is 0 Å². The first-order chi connectivity index (χ1) is 16.2. The first kappa shape index (κ1) is 32.6. The average Bonchev–Trinajstić information content (AvgIpc) is 2.68. The van der Waals surface area contributed by atoms with E-state index in [2.05, 4.69) is 0 Å². The molecule has 1 rings (SSSR count). The Bertz CT molecular complexity index is 845. The molecule has 0 saturated heterocycles. The van der Waals surface area contributed by atoms with Crippen LogP contribution in [0.15, 0.2) is 0 Å². The van der Waals surface area contributed by atoms with Crippen molar-refractivity contribution in [2.45, 2.75) is 74.3 Å². The van der Waals surface area contributed by atoms with Crippen molar-refractivity contribution in [3.8, 4) is 0 Å². The second kappa shape index (κ2) is 10.0. The van der Waals surface area contributed by atoms with Crippen LogP contribution >= 0.6 is 0 Å². The minimum absolute atomic E-state index is 0.495. The summed E-state index contributed by atoms with van der Waals surface area (Å²) >= 11 is 0. The van der Waals surface area contributed by atoms with Crippen LogP contribution in [0.25, 0.3) is 0 Å². The van der Waals surface area contributed by atoms with Gasteiger partial charge in [-0.15, -0.1) is 0 Å². The Morgan fingerprint density at radius 2 is 1.03 bits per heavy atom. The van der Waals surface area contributed by atoms with E-state index in [-0.39, 0.29) is 0 Å². The number of halogens is 14. The Balaban J connectivity index is 3.33. The molecule has 3 atom stereocenters. The monoisotopic (exact) mass is 580 g/mol. The summed E-state index contributed by atoms with van der Waals surface area (Å²) in [4.78, 5) is 21.6. The zero-order valence-electron chi connectivity index (χ0n) is 18.2. The molecule has 20 heteroatoms. The van der Waals surface area contributed by atoms with Gasteiger partial charge in [-0.1, -0.05) is 6.92 Å². The van der Waals surface area contributed by atoms with E-state index >= 15 is 0 Å². The van der Waals surface area contributed by atoms with Gasteiger partial charge in [-0.05, 0) is 25.2 Å². The van der Waals surface area contributed by atoms with Gasteiger partial charge in [0.25, 0.3) is 0 Å². The van der Waals surface area contributed by atoms with Gasteiger partial charge in [0.15, 0.2) is 0 Å². The Hall–Kier alpha value is -2.44. The van der Waals surface area contributed by atoms with E-state index in [0.717, 1.165) is 6.92 Å². The van der Waals surface area contributed by atoms with Crippen LogP contribution in [0.2, 0.25) is 0 Å². The van der Waals surface area contributed by atoms with Crippen LogP contribution in [-0.4, -0.2) is 93.4 Å². The molecule has 0 aromatic carbocycles. The first-order valence-electron chi connectivity index (χ1n) is 9.85. The third-order valence-electron chi connectivity index (χ3n) is 5.83. The third kappa shape index (κ3) is 6.35. The highest BCUT2D eigenvalue weighted by Gasteiger charge is 2.74. The van der Waals surface area contributed by atoms with Gasteiger partial charge in [-0.25, -0.2) is 9.59 Å². The molecule has 6 nitrogen and oxygen atoms in total. The number of carbonyl (C=O) groups is 2. The Morgan fingerprint density at radius 3 is 1.35 bits per heavy atom. The molecule has 37 heavy (non-hydrogen) atoms. The number of carboxylic acid groups (broad SMARTS) is 2. The number of hydrogen-bond donors (Lipinski definition) is 2. The van der Waals surface area contributed by atoms with Crippen LogP contribution in [0.3, 0.4) is 0 Å². The summed E-state index contributed by atoms with van der Waals surface area (Å²) in [6.07, 6.45) is -21.0. The number of rotatable bonds is 8. The molecule has 2 amide bonds. The Kier molecular flexibility index (Phi) is 8.83. The summed E-state index contributed by atoms with van der Waals surface area (Å²) in [5, 5.41) is 18.3. The fourth-order valence-corrected chi connectivity index (χ4v) is 3.71. The first-order valence-corrected chi connectivity index (χ1v) is 9.85. The van der Waals surface area contributed by atoms with Crippen molar-refractivity contribution in [2.24, 2.45) is 5.92 Å². The summed E-state index contributed by atoms with van der Waals surface area (Å²) in [5.41, 5.74) is 0. The maximum Gasteiger partial charge on any atom is 0.459 e. The van der Waals surface area contributed by atoms with Crippen molar-refractivity contribution < 1.29 is 81.3 Å². The zero-order chi connectivity index (χ0) is 29.6. The third-order valence-corrected chi connectivity index (χ3v) is 5.83. The van der Waals surface area contributed by atoms with Crippen LogP contribution in [-0.2, 0) is 0 Å². The number of amides is 2. The smallest absolute Gasteiger partial charge is 0.459 e. The molecule has 1 aliphatic rings. The lowest BCUT2D eigenvalue weighted by Crippen LogP contribution is -2.62. The largest absolute Gasteiger partial charge is 0.465 e. The van der Waals surface area contributed by atoms with Crippen molar-refractivity contribution in [1.82, 2.24) is 9.80 Å². The molecule has 0 aromatic heterocycles.